The van der Waals surface area contributed by atoms with Gasteiger partial charge in [-0.1, -0.05) is 47.5 Å². The van der Waals surface area contributed by atoms with Crippen LogP contribution in [0.25, 0.3) is 0 Å². The number of methoxy groups -OCH3 is 1. The molecule has 2 N–H and O–H groups in total. The summed E-state index contributed by atoms with van der Waals surface area (Å²) >= 11 is 6.02. The normalized spacial score (nSPS) is 12.2. The highest BCUT2D eigenvalue weighted by Crippen LogP contribution is 2.28. The Bertz CT molecular complexity index is 566. The summed E-state index contributed by atoms with van der Waals surface area (Å²) < 4.78 is 5.22. The third-order valence-corrected chi connectivity index (χ3v) is 3.78. The van der Waals surface area contributed by atoms with Gasteiger partial charge in [-0.25, -0.2) is 0 Å². The summed E-state index contributed by atoms with van der Waals surface area (Å²) in [5.41, 5.74) is 9.89. The van der Waals surface area contributed by atoms with Crippen LogP contribution in [-0.4, -0.2) is 7.11 Å². The van der Waals surface area contributed by atoms with Crippen LogP contribution in [-0.2, 0) is 6.42 Å². The summed E-state index contributed by atoms with van der Waals surface area (Å²) in [5.74, 6) is 0.676. The average Bonchev–Trinajstić information content (AvgIpc) is 2.47. The van der Waals surface area contributed by atoms with Gasteiger partial charge in [0.2, 0.25) is 0 Å². The van der Waals surface area contributed by atoms with Crippen LogP contribution >= 0.6 is 11.6 Å². The second kappa shape index (κ2) is 6.78. The quantitative estimate of drug-likeness (QED) is 0.891. The smallest absolute Gasteiger partial charge is 0.137 e. The van der Waals surface area contributed by atoms with Gasteiger partial charge in [-0.3, -0.25) is 0 Å². The zero-order chi connectivity index (χ0) is 14.5. The van der Waals surface area contributed by atoms with Crippen LogP contribution in [0.5, 0.6) is 5.75 Å². The molecule has 2 aromatic rings. The lowest BCUT2D eigenvalue weighted by Crippen LogP contribution is -2.11. The molecule has 0 aliphatic rings. The molecule has 0 aliphatic heterocycles. The minimum absolute atomic E-state index is 0.0116. The highest BCUT2D eigenvalue weighted by Gasteiger charge is 2.09. The summed E-state index contributed by atoms with van der Waals surface area (Å²) in [6, 6.07) is 14.3. The van der Waals surface area contributed by atoms with Crippen LogP contribution in [0.1, 0.15) is 29.2 Å². The molecule has 1 atom stereocenters. The fourth-order valence-corrected chi connectivity index (χ4v) is 2.35. The largest absolute Gasteiger partial charge is 0.495 e. The van der Waals surface area contributed by atoms with Crippen molar-refractivity contribution in [3.05, 3.63) is 64.2 Å². The molecule has 0 saturated carbocycles. The zero-order valence-electron chi connectivity index (χ0n) is 11.9. The fourth-order valence-electron chi connectivity index (χ4n) is 2.15. The topological polar surface area (TPSA) is 35.2 Å². The van der Waals surface area contributed by atoms with Crippen molar-refractivity contribution in [2.45, 2.75) is 25.8 Å². The van der Waals surface area contributed by atoms with Gasteiger partial charge in [0.15, 0.2) is 0 Å². The van der Waals surface area contributed by atoms with Gasteiger partial charge >= 0.3 is 0 Å². The Hall–Kier alpha value is -1.51. The Balaban J connectivity index is 2.01. The Morgan fingerprint density at radius 3 is 2.50 bits per heavy atom. The maximum Gasteiger partial charge on any atom is 0.137 e. The standard InChI is InChI=1S/C17H20ClNO/c1-12-3-5-13(6-4-12)7-10-16(19)14-8-9-15(18)17(11-14)20-2/h3-6,8-9,11,16H,7,10,19H2,1-2H3. The molecule has 3 heteroatoms. The number of halogens is 1. The lowest BCUT2D eigenvalue weighted by molar-refractivity contribution is 0.414. The lowest BCUT2D eigenvalue weighted by atomic mass is 9.99. The molecule has 0 fully saturated rings. The predicted octanol–water partition coefficient (Wildman–Crippen LogP) is 4.29. The number of ether oxygens (including phenoxy) is 1. The van der Waals surface area contributed by atoms with Crippen LogP contribution in [0.2, 0.25) is 5.02 Å². The molecule has 2 rings (SSSR count). The summed E-state index contributed by atoms with van der Waals surface area (Å²) in [6.45, 7) is 2.09. The average molecular weight is 290 g/mol. The Morgan fingerprint density at radius 2 is 1.85 bits per heavy atom. The van der Waals surface area contributed by atoms with E-state index in [0.29, 0.717) is 10.8 Å². The van der Waals surface area contributed by atoms with Gasteiger partial charge in [0.05, 0.1) is 12.1 Å². The first-order valence-corrected chi connectivity index (χ1v) is 7.12. The number of hydrogen-bond donors (Lipinski definition) is 1. The van der Waals surface area contributed by atoms with Crippen molar-refractivity contribution in [2.24, 2.45) is 5.73 Å². The van der Waals surface area contributed by atoms with E-state index in [0.717, 1.165) is 18.4 Å². The molecule has 0 bridgehead atoms. The third kappa shape index (κ3) is 3.75. The maximum absolute atomic E-state index is 6.25. The number of benzene rings is 2. The van der Waals surface area contributed by atoms with Crippen LogP contribution < -0.4 is 10.5 Å². The van der Waals surface area contributed by atoms with Crippen molar-refractivity contribution in [1.29, 1.82) is 0 Å². The van der Waals surface area contributed by atoms with E-state index < -0.39 is 0 Å². The van der Waals surface area contributed by atoms with Crippen LogP contribution in [0.3, 0.4) is 0 Å². The molecule has 0 aliphatic carbocycles. The Morgan fingerprint density at radius 1 is 1.15 bits per heavy atom. The number of nitrogens with two attached hydrogens (primary N) is 1. The summed E-state index contributed by atoms with van der Waals surface area (Å²) in [7, 11) is 1.61. The molecule has 0 heterocycles. The van der Waals surface area contributed by atoms with E-state index in [2.05, 4.69) is 31.2 Å². The highest BCUT2D eigenvalue weighted by molar-refractivity contribution is 6.32. The van der Waals surface area contributed by atoms with Gasteiger partial charge in [-0.05, 0) is 43.0 Å². The van der Waals surface area contributed by atoms with Crippen molar-refractivity contribution < 1.29 is 4.74 Å². The first kappa shape index (κ1) is 14.9. The Kier molecular flexibility index (Phi) is 5.05. The molecule has 0 radical (unpaired) electrons. The van der Waals surface area contributed by atoms with Crippen molar-refractivity contribution in [3.8, 4) is 5.75 Å². The molecular weight excluding hydrogens is 270 g/mol. The van der Waals surface area contributed by atoms with Gasteiger partial charge in [-0.2, -0.15) is 0 Å². The van der Waals surface area contributed by atoms with E-state index in [1.807, 2.05) is 18.2 Å². The van der Waals surface area contributed by atoms with Crippen LogP contribution in [0.15, 0.2) is 42.5 Å². The highest BCUT2D eigenvalue weighted by atomic mass is 35.5. The predicted molar refractivity (Wildman–Crippen MR) is 84.4 cm³/mol. The van der Waals surface area contributed by atoms with Crippen LogP contribution in [0, 0.1) is 6.92 Å². The molecule has 0 saturated heterocycles. The molecule has 1 unspecified atom stereocenters. The van der Waals surface area contributed by atoms with E-state index in [1.54, 1.807) is 7.11 Å². The van der Waals surface area contributed by atoms with E-state index in [1.165, 1.54) is 11.1 Å². The molecule has 0 aromatic heterocycles. The monoisotopic (exact) mass is 289 g/mol. The van der Waals surface area contributed by atoms with Gasteiger partial charge in [0, 0.05) is 6.04 Å². The second-order valence-electron chi connectivity index (χ2n) is 5.02. The first-order chi connectivity index (χ1) is 9.60. The maximum atomic E-state index is 6.25. The molecule has 2 aromatic carbocycles. The van der Waals surface area contributed by atoms with E-state index in [4.69, 9.17) is 22.1 Å². The SMILES string of the molecule is COc1cc(C(N)CCc2ccc(C)cc2)ccc1Cl. The van der Waals surface area contributed by atoms with Crippen LogP contribution in [0.4, 0.5) is 0 Å². The van der Waals surface area contributed by atoms with E-state index in [-0.39, 0.29) is 6.04 Å². The third-order valence-electron chi connectivity index (χ3n) is 3.47. The van der Waals surface area contributed by atoms with E-state index >= 15 is 0 Å². The summed E-state index contributed by atoms with van der Waals surface area (Å²) in [5, 5.41) is 0.613. The summed E-state index contributed by atoms with van der Waals surface area (Å²) in [6.07, 6.45) is 1.86. The lowest BCUT2D eigenvalue weighted by Gasteiger charge is -2.14. The first-order valence-electron chi connectivity index (χ1n) is 6.74. The summed E-state index contributed by atoms with van der Waals surface area (Å²) in [4.78, 5) is 0. The number of rotatable bonds is 5. The molecular formula is C17H20ClNO. The molecule has 2 nitrogen and oxygen atoms in total. The molecule has 0 spiro atoms. The Labute approximate surface area is 125 Å². The fraction of sp³-hybridized carbons (Fsp3) is 0.294. The number of aryl methyl sites for hydroxylation is 2. The zero-order valence-corrected chi connectivity index (χ0v) is 12.7. The number of hydrogen-bond acceptors (Lipinski definition) is 2. The van der Waals surface area contributed by atoms with Gasteiger partial charge in [0.1, 0.15) is 5.75 Å². The molecule has 106 valence electrons. The molecule has 20 heavy (non-hydrogen) atoms. The second-order valence-corrected chi connectivity index (χ2v) is 5.43. The molecule has 0 amide bonds. The minimum atomic E-state index is -0.0116. The van der Waals surface area contributed by atoms with Crippen molar-refractivity contribution >= 4 is 11.6 Å². The minimum Gasteiger partial charge on any atom is -0.495 e. The van der Waals surface area contributed by atoms with Crippen molar-refractivity contribution in [1.82, 2.24) is 0 Å². The van der Waals surface area contributed by atoms with Crippen molar-refractivity contribution in [3.63, 3.8) is 0 Å². The van der Waals surface area contributed by atoms with Gasteiger partial charge in [0.25, 0.3) is 0 Å². The van der Waals surface area contributed by atoms with E-state index in [9.17, 15) is 0 Å². The van der Waals surface area contributed by atoms with Crippen molar-refractivity contribution in [2.75, 3.05) is 7.11 Å². The van der Waals surface area contributed by atoms with Gasteiger partial charge < -0.3 is 10.5 Å². The van der Waals surface area contributed by atoms with Gasteiger partial charge in [-0.15, -0.1) is 0 Å².